The Hall–Kier alpha value is -3.51. The van der Waals surface area contributed by atoms with E-state index in [1.807, 2.05) is 47.4 Å². The first-order valence-electron chi connectivity index (χ1n) is 12.8. The summed E-state index contributed by atoms with van der Waals surface area (Å²) < 4.78 is 13.1. The highest BCUT2D eigenvalue weighted by molar-refractivity contribution is 5.95. The van der Waals surface area contributed by atoms with Gasteiger partial charge in [0.1, 0.15) is 5.82 Å². The SMILES string of the molecule is O=C(Nc1ccc(F)cc1)C1CCN(C2CCN(C(=O)c3ccc(-c4ccccc4)cc3)CC2)CC1. The zero-order valence-corrected chi connectivity index (χ0v) is 20.4. The first-order chi connectivity index (χ1) is 17.6. The number of halogens is 1. The van der Waals surface area contributed by atoms with Gasteiger partial charge in [-0.25, -0.2) is 4.39 Å². The minimum atomic E-state index is -0.310. The molecule has 0 atom stereocenters. The molecule has 0 aromatic heterocycles. The number of hydrogen-bond acceptors (Lipinski definition) is 3. The van der Waals surface area contributed by atoms with E-state index in [-0.39, 0.29) is 23.5 Å². The Kier molecular flexibility index (Phi) is 7.42. The van der Waals surface area contributed by atoms with Crippen molar-refractivity contribution in [2.45, 2.75) is 31.7 Å². The van der Waals surface area contributed by atoms with Crippen molar-refractivity contribution in [3.8, 4) is 11.1 Å². The van der Waals surface area contributed by atoms with Crippen LogP contribution in [0.25, 0.3) is 11.1 Å². The second-order valence-corrected chi connectivity index (χ2v) is 9.77. The van der Waals surface area contributed by atoms with E-state index in [1.165, 1.54) is 12.1 Å². The van der Waals surface area contributed by atoms with Crippen LogP contribution in [0.5, 0.6) is 0 Å². The Morgan fingerprint density at radius 3 is 1.97 bits per heavy atom. The van der Waals surface area contributed by atoms with Crippen LogP contribution in [0, 0.1) is 11.7 Å². The van der Waals surface area contributed by atoms with Gasteiger partial charge in [-0.2, -0.15) is 0 Å². The Balaban J connectivity index is 1.08. The van der Waals surface area contributed by atoms with Crippen molar-refractivity contribution >= 4 is 17.5 Å². The second kappa shape index (κ2) is 11.0. The molecule has 2 saturated heterocycles. The summed E-state index contributed by atoms with van der Waals surface area (Å²) in [6.07, 6.45) is 3.56. The molecule has 0 unspecified atom stereocenters. The Bertz CT molecular complexity index is 1170. The third-order valence-electron chi connectivity index (χ3n) is 7.52. The molecule has 6 heteroatoms. The summed E-state index contributed by atoms with van der Waals surface area (Å²) in [5.74, 6) is -0.217. The summed E-state index contributed by atoms with van der Waals surface area (Å²) in [6, 6.07) is 24.4. The molecular formula is C30H32FN3O2. The maximum atomic E-state index is 13.1. The molecule has 3 aromatic rings. The summed E-state index contributed by atoms with van der Waals surface area (Å²) in [4.78, 5) is 30.1. The van der Waals surface area contributed by atoms with E-state index < -0.39 is 0 Å². The van der Waals surface area contributed by atoms with Crippen molar-refractivity contribution in [3.05, 3.63) is 90.2 Å². The van der Waals surface area contributed by atoms with Crippen LogP contribution in [0.15, 0.2) is 78.9 Å². The number of carbonyl (C=O) groups excluding carboxylic acids is 2. The monoisotopic (exact) mass is 485 g/mol. The van der Waals surface area contributed by atoms with E-state index in [9.17, 15) is 14.0 Å². The van der Waals surface area contributed by atoms with Crippen LogP contribution >= 0.6 is 0 Å². The van der Waals surface area contributed by atoms with Gasteiger partial charge in [0, 0.05) is 36.3 Å². The number of rotatable bonds is 5. The molecule has 5 nitrogen and oxygen atoms in total. The van der Waals surface area contributed by atoms with E-state index >= 15 is 0 Å². The van der Waals surface area contributed by atoms with Crippen molar-refractivity contribution < 1.29 is 14.0 Å². The van der Waals surface area contributed by atoms with Crippen LogP contribution in [-0.4, -0.2) is 53.8 Å². The second-order valence-electron chi connectivity index (χ2n) is 9.77. The number of carbonyl (C=O) groups is 2. The van der Waals surface area contributed by atoms with Gasteiger partial charge in [0.25, 0.3) is 5.91 Å². The van der Waals surface area contributed by atoms with Crippen molar-refractivity contribution in [2.75, 3.05) is 31.5 Å². The highest BCUT2D eigenvalue weighted by Crippen LogP contribution is 2.26. The lowest BCUT2D eigenvalue weighted by molar-refractivity contribution is -0.121. The fraction of sp³-hybridized carbons (Fsp3) is 0.333. The summed E-state index contributed by atoms with van der Waals surface area (Å²) in [5.41, 5.74) is 3.63. The third kappa shape index (κ3) is 5.65. The van der Waals surface area contributed by atoms with Crippen LogP contribution in [0.1, 0.15) is 36.0 Å². The average molecular weight is 486 g/mol. The highest BCUT2D eigenvalue weighted by atomic mass is 19.1. The Morgan fingerprint density at radius 1 is 0.722 bits per heavy atom. The molecule has 0 radical (unpaired) electrons. The molecule has 2 aliphatic heterocycles. The zero-order valence-electron chi connectivity index (χ0n) is 20.4. The van der Waals surface area contributed by atoms with Gasteiger partial charge in [-0.15, -0.1) is 0 Å². The average Bonchev–Trinajstić information content (AvgIpc) is 2.94. The van der Waals surface area contributed by atoms with E-state index in [0.717, 1.165) is 68.6 Å². The largest absolute Gasteiger partial charge is 0.339 e. The fourth-order valence-corrected chi connectivity index (χ4v) is 5.36. The number of benzene rings is 3. The van der Waals surface area contributed by atoms with Crippen molar-refractivity contribution in [3.63, 3.8) is 0 Å². The van der Waals surface area contributed by atoms with Gasteiger partial charge in [0.05, 0.1) is 0 Å². The van der Waals surface area contributed by atoms with Gasteiger partial charge >= 0.3 is 0 Å². The first-order valence-corrected chi connectivity index (χ1v) is 12.8. The molecule has 2 fully saturated rings. The Morgan fingerprint density at radius 2 is 1.33 bits per heavy atom. The molecule has 2 aliphatic rings. The van der Waals surface area contributed by atoms with E-state index in [2.05, 4.69) is 22.3 Å². The standard InChI is InChI=1S/C30H32FN3O2/c31-26-10-12-27(13-11-26)32-29(35)24-14-18-33(19-15-24)28-16-20-34(21-17-28)30(36)25-8-6-23(7-9-25)22-4-2-1-3-5-22/h1-13,24,28H,14-21H2,(H,32,35). The smallest absolute Gasteiger partial charge is 0.253 e. The number of hydrogen-bond donors (Lipinski definition) is 1. The molecular weight excluding hydrogens is 453 g/mol. The molecule has 0 spiro atoms. The quantitative estimate of drug-likeness (QED) is 0.523. The Labute approximate surface area is 211 Å². The van der Waals surface area contributed by atoms with Crippen molar-refractivity contribution in [2.24, 2.45) is 5.92 Å². The van der Waals surface area contributed by atoms with Gasteiger partial charge in [0.15, 0.2) is 0 Å². The van der Waals surface area contributed by atoms with Crippen LogP contribution in [-0.2, 0) is 4.79 Å². The number of piperidine rings is 2. The molecule has 186 valence electrons. The molecule has 0 aliphatic carbocycles. The van der Waals surface area contributed by atoms with E-state index in [1.54, 1.807) is 12.1 Å². The maximum absolute atomic E-state index is 13.1. The molecule has 2 amide bonds. The predicted molar refractivity (Wildman–Crippen MR) is 140 cm³/mol. The third-order valence-corrected chi connectivity index (χ3v) is 7.52. The van der Waals surface area contributed by atoms with E-state index in [4.69, 9.17) is 0 Å². The molecule has 5 rings (SSSR count). The van der Waals surface area contributed by atoms with Crippen molar-refractivity contribution in [1.82, 2.24) is 9.80 Å². The molecule has 2 heterocycles. The predicted octanol–water partition coefficient (Wildman–Crippen LogP) is 5.45. The van der Waals surface area contributed by atoms with Crippen molar-refractivity contribution in [1.29, 1.82) is 0 Å². The number of amides is 2. The van der Waals surface area contributed by atoms with Crippen LogP contribution < -0.4 is 5.32 Å². The van der Waals surface area contributed by atoms with E-state index in [0.29, 0.717) is 11.7 Å². The lowest BCUT2D eigenvalue weighted by Gasteiger charge is -2.41. The number of anilines is 1. The van der Waals surface area contributed by atoms with Crippen LogP contribution in [0.4, 0.5) is 10.1 Å². The van der Waals surface area contributed by atoms with Gasteiger partial charge < -0.3 is 15.1 Å². The summed E-state index contributed by atoms with van der Waals surface area (Å²) in [6.45, 7) is 3.30. The number of likely N-dealkylation sites (tertiary alicyclic amines) is 2. The number of nitrogens with zero attached hydrogens (tertiary/aromatic N) is 2. The molecule has 0 bridgehead atoms. The zero-order chi connectivity index (χ0) is 24.9. The molecule has 1 N–H and O–H groups in total. The lowest BCUT2D eigenvalue weighted by atomic mass is 9.92. The molecule has 0 saturated carbocycles. The lowest BCUT2D eigenvalue weighted by Crippen LogP contribution is -2.49. The molecule has 36 heavy (non-hydrogen) atoms. The van der Waals surface area contributed by atoms with Crippen LogP contribution in [0.3, 0.4) is 0 Å². The maximum Gasteiger partial charge on any atom is 0.253 e. The van der Waals surface area contributed by atoms with Gasteiger partial charge in [0.2, 0.25) is 5.91 Å². The first kappa shape index (κ1) is 24.2. The fourth-order valence-electron chi connectivity index (χ4n) is 5.36. The normalized spacial score (nSPS) is 17.6. The summed E-state index contributed by atoms with van der Waals surface area (Å²) >= 11 is 0. The number of nitrogens with one attached hydrogen (secondary N) is 1. The van der Waals surface area contributed by atoms with Gasteiger partial charge in [-0.05, 0) is 86.3 Å². The minimum Gasteiger partial charge on any atom is -0.339 e. The molecule has 3 aromatic carbocycles. The van der Waals surface area contributed by atoms with Gasteiger partial charge in [-0.3, -0.25) is 9.59 Å². The van der Waals surface area contributed by atoms with Gasteiger partial charge in [-0.1, -0.05) is 42.5 Å². The summed E-state index contributed by atoms with van der Waals surface area (Å²) in [7, 11) is 0. The van der Waals surface area contributed by atoms with Crippen LogP contribution in [0.2, 0.25) is 0 Å². The minimum absolute atomic E-state index is 0.0138. The highest BCUT2D eigenvalue weighted by Gasteiger charge is 2.32. The topological polar surface area (TPSA) is 52.7 Å². The summed E-state index contributed by atoms with van der Waals surface area (Å²) in [5, 5.41) is 2.91.